The molecule has 3 heterocycles. The third-order valence-electron chi connectivity index (χ3n) is 2.76. The molecule has 88 valence electrons. The van der Waals surface area contributed by atoms with Crippen LogP contribution in [0.3, 0.4) is 0 Å². The zero-order valence-electron chi connectivity index (χ0n) is 9.01. The number of nitrogens with one attached hydrogen (secondary N) is 1. The first-order chi connectivity index (χ1) is 8.27. The monoisotopic (exact) mass is 249 g/mol. The van der Waals surface area contributed by atoms with Gasteiger partial charge in [-0.1, -0.05) is 0 Å². The van der Waals surface area contributed by atoms with Gasteiger partial charge in [0, 0.05) is 36.7 Å². The average molecular weight is 249 g/mol. The van der Waals surface area contributed by atoms with Crippen LogP contribution in [0.5, 0.6) is 0 Å². The van der Waals surface area contributed by atoms with Gasteiger partial charge in [-0.15, -0.1) is 11.3 Å². The number of aromatic nitrogens is 3. The maximum Gasteiger partial charge on any atom is 0.269 e. The van der Waals surface area contributed by atoms with Crippen molar-refractivity contribution < 1.29 is 4.79 Å². The molecule has 7 heteroatoms. The van der Waals surface area contributed by atoms with E-state index in [1.165, 1.54) is 11.3 Å². The molecule has 0 saturated carbocycles. The van der Waals surface area contributed by atoms with Gasteiger partial charge in [0.25, 0.3) is 5.91 Å². The highest BCUT2D eigenvalue weighted by Gasteiger charge is 2.24. The first-order valence-electron chi connectivity index (χ1n) is 5.28. The quantitative estimate of drug-likeness (QED) is 0.789. The maximum atomic E-state index is 11.4. The average Bonchev–Trinajstić information content (AvgIpc) is 2.95. The molecule has 1 aliphatic heterocycles. The van der Waals surface area contributed by atoms with E-state index in [1.807, 2.05) is 5.38 Å². The van der Waals surface area contributed by atoms with Crippen LogP contribution < -0.4 is 11.1 Å². The summed E-state index contributed by atoms with van der Waals surface area (Å²) in [6, 6.07) is 0. The summed E-state index contributed by atoms with van der Waals surface area (Å²) in [5.41, 5.74) is 7.63. The summed E-state index contributed by atoms with van der Waals surface area (Å²) in [5.74, 6) is -0.486. The van der Waals surface area contributed by atoms with Crippen molar-refractivity contribution in [1.29, 1.82) is 0 Å². The molecule has 1 amide bonds. The highest BCUT2D eigenvalue weighted by atomic mass is 32.1. The minimum absolute atomic E-state index is 0.349. The van der Waals surface area contributed by atoms with Gasteiger partial charge in [0.05, 0.1) is 5.69 Å². The summed E-state index contributed by atoms with van der Waals surface area (Å²) in [4.78, 5) is 15.6. The van der Waals surface area contributed by atoms with Gasteiger partial charge in [-0.3, -0.25) is 4.79 Å². The van der Waals surface area contributed by atoms with Crippen molar-refractivity contribution in [2.75, 3.05) is 6.54 Å². The molecule has 3 N–H and O–H groups in total. The minimum atomic E-state index is -0.486. The summed E-state index contributed by atoms with van der Waals surface area (Å²) in [6.45, 7) is 1.52. The Kier molecular flexibility index (Phi) is 2.41. The van der Waals surface area contributed by atoms with E-state index in [2.05, 4.69) is 15.4 Å². The van der Waals surface area contributed by atoms with Crippen LogP contribution in [0.2, 0.25) is 0 Å². The molecular weight excluding hydrogens is 238 g/mol. The number of carbonyl (C=O) groups excluding carboxylic acids is 1. The zero-order valence-corrected chi connectivity index (χ0v) is 9.83. The van der Waals surface area contributed by atoms with Crippen molar-refractivity contribution in [3.63, 3.8) is 0 Å². The van der Waals surface area contributed by atoms with Crippen LogP contribution in [0.1, 0.15) is 21.7 Å². The molecule has 0 unspecified atom stereocenters. The van der Waals surface area contributed by atoms with Crippen LogP contribution in [0.25, 0.3) is 5.13 Å². The number of nitrogens with zero attached hydrogens (tertiary/aromatic N) is 3. The van der Waals surface area contributed by atoms with Gasteiger partial charge in [-0.25, -0.2) is 9.67 Å². The van der Waals surface area contributed by atoms with E-state index in [4.69, 9.17) is 5.73 Å². The molecule has 2 aromatic heterocycles. The van der Waals surface area contributed by atoms with E-state index in [0.29, 0.717) is 12.2 Å². The predicted octanol–water partition coefficient (Wildman–Crippen LogP) is 0.0734. The second-order valence-electron chi connectivity index (χ2n) is 3.79. The number of hydrogen-bond donors (Lipinski definition) is 2. The van der Waals surface area contributed by atoms with Crippen LogP contribution in [-0.2, 0) is 13.0 Å². The Labute approximate surface area is 101 Å². The van der Waals surface area contributed by atoms with Gasteiger partial charge in [0.1, 0.15) is 0 Å². The normalized spacial score (nSPS) is 14.6. The van der Waals surface area contributed by atoms with Crippen LogP contribution in [0, 0.1) is 0 Å². The number of fused-ring (bicyclic) bond motifs is 1. The topological polar surface area (TPSA) is 85.8 Å². The number of rotatable bonds is 2. The summed E-state index contributed by atoms with van der Waals surface area (Å²) in [7, 11) is 0. The number of carbonyl (C=O) groups is 1. The molecule has 1 aliphatic rings. The van der Waals surface area contributed by atoms with Crippen molar-refractivity contribution in [3.8, 4) is 5.13 Å². The van der Waals surface area contributed by atoms with E-state index in [1.54, 1.807) is 10.9 Å². The third kappa shape index (κ3) is 1.63. The summed E-state index contributed by atoms with van der Waals surface area (Å²) in [6.07, 6.45) is 2.55. The van der Waals surface area contributed by atoms with Crippen molar-refractivity contribution in [1.82, 2.24) is 20.1 Å². The lowest BCUT2D eigenvalue weighted by Crippen LogP contribution is -2.26. The maximum absolute atomic E-state index is 11.4. The van der Waals surface area contributed by atoms with E-state index in [9.17, 15) is 4.79 Å². The molecule has 0 saturated heterocycles. The van der Waals surface area contributed by atoms with Gasteiger partial charge < -0.3 is 11.1 Å². The highest BCUT2D eigenvalue weighted by molar-refractivity contribution is 7.12. The van der Waals surface area contributed by atoms with E-state index >= 15 is 0 Å². The lowest BCUT2D eigenvalue weighted by molar-refractivity contribution is 0.0994. The molecule has 0 atom stereocenters. The van der Waals surface area contributed by atoms with Crippen molar-refractivity contribution in [3.05, 3.63) is 28.5 Å². The molecule has 6 nitrogen and oxygen atoms in total. The number of hydrogen-bond acceptors (Lipinski definition) is 5. The van der Waals surface area contributed by atoms with Crippen LogP contribution >= 0.6 is 11.3 Å². The Bertz CT molecular complexity index is 560. The Morgan fingerprint density at radius 1 is 1.59 bits per heavy atom. The Hall–Kier alpha value is -1.73. The first-order valence-corrected chi connectivity index (χ1v) is 6.16. The Balaban J connectivity index is 2.19. The van der Waals surface area contributed by atoms with E-state index < -0.39 is 5.91 Å². The summed E-state index contributed by atoms with van der Waals surface area (Å²) in [5, 5.41) is 10.2. The molecule has 0 spiro atoms. The smallest absolute Gasteiger partial charge is 0.269 e. The first kappa shape index (κ1) is 10.4. The van der Waals surface area contributed by atoms with E-state index in [0.717, 1.165) is 29.4 Å². The highest BCUT2D eigenvalue weighted by Crippen LogP contribution is 2.22. The molecule has 0 radical (unpaired) electrons. The molecule has 0 aromatic carbocycles. The third-order valence-corrected chi connectivity index (χ3v) is 3.51. The molecule has 0 fully saturated rings. The van der Waals surface area contributed by atoms with E-state index in [-0.39, 0.29) is 0 Å². The molecular formula is C10H11N5OS. The van der Waals surface area contributed by atoms with Crippen LogP contribution in [-0.4, -0.2) is 27.2 Å². The van der Waals surface area contributed by atoms with Crippen LogP contribution in [0.15, 0.2) is 11.6 Å². The fourth-order valence-corrected chi connectivity index (χ4v) is 2.64. The fourth-order valence-electron chi connectivity index (χ4n) is 2.02. The van der Waals surface area contributed by atoms with Gasteiger partial charge in [0.15, 0.2) is 5.69 Å². The Morgan fingerprint density at radius 3 is 3.18 bits per heavy atom. The largest absolute Gasteiger partial charge is 0.364 e. The van der Waals surface area contributed by atoms with Crippen molar-refractivity contribution >= 4 is 17.2 Å². The SMILES string of the molecule is NC(=O)c1nn(-c2nccs2)c2c1CNCC2. The van der Waals surface area contributed by atoms with Crippen molar-refractivity contribution in [2.24, 2.45) is 5.73 Å². The lowest BCUT2D eigenvalue weighted by Gasteiger charge is -2.14. The fraction of sp³-hybridized carbons (Fsp3) is 0.300. The summed E-state index contributed by atoms with van der Waals surface area (Å²) >= 11 is 1.49. The number of nitrogens with two attached hydrogens (primary N) is 1. The number of amides is 1. The van der Waals surface area contributed by atoms with Gasteiger partial charge in [-0.2, -0.15) is 5.10 Å². The predicted molar refractivity (Wildman–Crippen MR) is 63.2 cm³/mol. The summed E-state index contributed by atoms with van der Waals surface area (Å²) < 4.78 is 1.74. The molecule has 17 heavy (non-hydrogen) atoms. The number of primary amides is 1. The Morgan fingerprint density at radius 2 is 2.47 bits per heavy atom. The minimum Gasteiger partial charge on any atom is -0.364 e. The second-order valence-corrected chi connectivity index (χ2v) is 4.66. The lowest BCUT2D eigenvalue weighted by atomic mass is 10.1. The molecule has 0 aliphatic carbocycles. The van der Waals surface area contributed by atoms with Crippen LogP contribution in [0.4, 0.5) is 0 Å². The van der Waals surface area contributed by atoms with Gasteiger partial charge in [-0.05, 0) is 0 Å². The molecule has 3 rings (SSSR count). The van der Waals surface area contributed by atoms with Gasteiger partial charge >= 0.3 is 0 Å². The second kappa shape index (κ2) is 3.94. The number of thiazole rings is 1. The molecule has 2 aromatic rings. The van der Waals surface area contributed by atoms with Crippen molar-refractivity contribution in [2.45, 2.75) is 13.0 Å². The standard InChI is InChI=1S/C10H11N5OS/c11-9(16)8-6-5-12-2-1-7(6)15(14-8)10-13-3-4-17-10/h3-4,12H,1-2,5H2,(H2,11,16). The zero-order chi connectivity index (χ0) is 11.8. The van der Waals surface area contributed by atoms with Gasteiger partial charge in [0.2, 0.25) is 5.13 Å². The molecule has 0 bridgehead atoms.